The lowest BCUT2D eigenvalue weighted by Gasteiger charge is -2.31. The van der Waals surface area contributed by atoms with E-state index in [9.17, 15) is 9.59 Å². The van der Waals surface area contributed by atoms with E-state index >= 15 is 0 Å². The van der Waals surface area contributed by atoms with Crippen molar-refractivity contribution in [1.82, 2.24) is 10.2 Å². The van der Waals surface area contributed by atoms with Crippen molar-refractivity contribution in [2.75, 3.05) is 6.54 Å². The molecule has 28 heavy (non-hydrogen) atoms. The van der Waals surface area contributed by atoms with Crippen LogP contribution >= 0.6 is 0 Å². The van der Waals surface area contributed by atoms with Gasteiger partial charge in [-0.25, -0.2) is 0 Å². The molecule has 0 aliphatic rings. The minimum atomic E-state index is -0.473. The summed E-state index contributed by atoms with van der Waals surface area (Å²) in [7, 11) is 0. The van der Waals surface area contributed by atoms with Crippen molar-refractivity contribution in [2.45, 2.75) is 60.0 Å². The maximum absolute atomic E-state index is 13.3. The van der Waals surface area contributed by atoms with Gasteiger partial charge in [-0.1, -0.05) is 66.1 Å². The van der Waals surface area contributed by atoms with Gasteiger partial charge in [-0.05, 0) is 45.2 Å². The van der Waals surface area contributed by atoms with Crippen LogP contribution in [0.2, 0.25) is 0 Å². The first-order valence-corrected chi connectivity index (χ1v) is 10.0. The lowest BCUT2D eigenvalue weighted by Crippen LogP contribution is -2.49. The summed E-state index contributed by atoms with van der Waals surface area (Å²) < 4.78 is 0. The van der Waals surface area contributed by atoms with Gasteiger partial charge in [0.1, 0.15) is 6.04 Å². The summed E-state index contributed by atoms with van der Waals surface area (Å²) in [5.74, 6) is -0.115. The van der Waals surface area contributed by atoms with E-state index in [0.29, 0.717) is 25.9 Å². The number of nitrogens with one attached hydrogen (secondary N) is 1. The molecule has 2 amide bonds. The predicted molar refractivity (Wildman–Crippen MR) is 114 cm³/mol. The Labute approximate surface area is 169 Å². The maximum Gasteiger partial charge on any atom is 0.242 e. The van der Waals surface area contributed by atoms with Crippen LogP contribution in [0.1, 0.15) is 48.1 Å². The van der Waals surface area contributed by atoms with Crippen molar-refractivity contribution >= 4 is 11.8 Å². The Hall–Kier alpha value is -2.62. The van der Waals surface area contributed by atoms with E-state index in [-0.39, 0.29) is 11.8 Å². The van der Waals surface area contributed by atoms with Crippen LogP contribution in [0.15, 0.2) is 42.5 Å². The van der Waals surface area contributed by atoms with E-state index in [4.69, 9.17) is 0 Å². The van der Waals surface area contributed by atoms with Crippen LogP contribution in [0.4, 0.5) is 0 Å². The van der Waals surface area contributed by atoms with Crippen molar-refractivity contribution in [3.05, 3.63) is 70.3 Å². The van der Waals surface area contributed by atoms with Crippen LogP contribution in [0, 0.1) is 20.8 Å². The molecule has 0 unspecified atom stereocenters. The summed E-state index contributed by atoms with van der Waals surface area (Å²) >= 11 is 0. The Bertz CT molecular complexity index is 809. The van der Waals surface area contributed by atoms with E-state index in [1.165, 1.54) is 0 Å². The van der Waals surface area contributed by atoms with Crippen LogP contribution in [0.5, 0.6) is 0 Å². The number of likely N-dealkylation sites (N-methyl/N-ethyl adjacent to an activating group) is 1. The molecule has 0 fully saturated rings. The fourth-order valence-corrected chi connectivity index (χ4v) is 3.67. The number of carbonyl (C=O) groups is 2. The quantitative estimate of drug-likeness (QED) is 0.750. The lowest BCUT2D eigenvalue weighted by atomic mass is 10.0. The molecule has 4 heteroatoms. The Morgan fingerprint density at radius 3 is 2.14 bits per heavy atom. The van der Waals surface area contributed by atoms with E-state index in [1.807, 2.05) is 65.0 Å². The molecule has 1 atom stereocenters. The van der Waals surface area contributed by atoms with Gasteiger partial charge < -0.3 is 10.2 Å². The second-order valence-corrected chi connectivity index (χ2v) is 7.50. The van der Waals surface area contributed by atoms with E-state index in [2.05, 4.69) is 17.4 Å². The number of aryl methyl sites for hydroxylation is 3. The molecule has 0 spiro atoms. The standard InChI is InChI=1S/C24H32N2O2/c1-6-22(24(28)25-7-2)26(16-20-10-8-9-17(3)12-20)23(27)15-21-13-18(4)11-19(5)14-21/h8-14,22H,6-7,15-16H2,1-5H3,(H,25,28)/t22-/m1/s1. The summed E-state index contributed by atoms with van der Waals surface area (Å²) in [5.41, 5.74) is 5.46. The van der Waals surface area contributed by atoms with E-state index in [0.717, 1.165) is 27.8 Å². The molecule has 2 aromatic rings. The van der Waals surface area contributed by atoms with Crippen molar-refractivity contribution < 1.29 is 9.59 Å². The molecule has 150 valence electrons. The zero-order valence-corrected chi connectivity index (χ0v) is 17.7. The summed E-state index contributed by atoms with van der Waals surface area (Å²) in [6, 6.07) is 13.8. The van der Waals surface area contributed by atoms with Gasteiger partial charge in [0.2, 0.25) is 11.8 Å². The number of nitrogens with zero attached hydrogens (tertiary/aromatic N) is 1. The number of hydrogen-bond acceptors (Lipinski definition) is 2. The fourth-order valence-electron chi connectivity index (χ4n) is 3.67. The molecule has 0 aliphatic heterocycles. The summed E-state index contributed by atoms with van der Waals surface area (Å²) in [6.45, 7) is 10.9. The van der Waals surface area contributed by atoms with Crippen LogP contribution in [0.3, 0.4) is 0 Å². The average Bonchev–Trinajstić information content (AvgIpc) is 2.61. The molecule has 2 rings (SSSR count). The first kappa shape index (κ1) is 21.7. The molecule has 0 saturated carbocycles. The van der Waals surface area contributed by atoms with E-state index in [1.54, 1.807) is 4.90 Å². The second kappa shape index (κ2) is 10.1. The number of benzene rings is 2. The fraction of sp³-hybridized carbons (Fsp3) is 0.417. The van der Waals surface area contributed by atoms with E-state index < -0.39 is 6.04 Å². The maximum atomic E-state index is 13.3. The van der Waals surface area contributed by atoms with Crippen LogP contribution in [-0.2, 0) is 22.6 Å². The van der Waals surface area contributed by atoms with Gasteiger partial charge in [0.05, 0.1) is 6.42 Å². The predicted octanol–water partition coefficient (Wildman–Crippen LogP) is 4.10. The highest BCUT2D eigenvalue weighted by Gasteiger charge is 2.28. The molecule has 0 aliphatic carbocycles. The first-order chi connectivity index (χ1) is 13.3. The SMILES string of the molecule is CCNC(=O)[C@@H](CC)N(Cc1cccc(C)c1)C(=O)Cc1cc(C)cc(C)c1. The molecule has 2 aromatic carbocycles. The summed E-state index contributed by atoms with van der Waals surface area (Å²) in [4.78, 5) is 27.6. The molecule has 0 saturated heterocycles. The lowest BCUT2D eigenvalue weighted by molar-refractivity contribution is -0.140. The molecule has 0 bridgehead atoms. The van der Waals surface area contributed by atoms with Crippen LogP contribution in [0.25, 0.3) is 0 Å². The van der Waals surface area contributed by atoms with Crippen LogP contribution < -0.4 is 5.32 Å². The Kier molecular flexibility index (Phi) is 7.80. The highest BCUT2D eigenvalue weighted by Crippen LogP contribution is 2.17. The molecule has 1 N–H and O–H groups in total. The monoisotopic (exact) mass is 380 g/mol. The third kappa shape index (κ3) is 5.95. The summed E-state index contributed by atoms with van der Waals surface area (Å²) in [6.07, 6.45) is 0.875. The highest BCUT2D eigenvalue weighted by atomic mass is 16.2. The van der Waals surface area contributed by atoms with Gasteiger partial charge in [-0.3, -0.25) is 9.59 Å². The number of carbonyl (C=O) groups excluding carboxylic acids is 2. The van der Waals surface area contributed by atoms with Crippen LogP contribution in [-0.4, -0.2) is 29.3 Å². The third-order valence-corrected chi connectivity index (χ3v) is 4.81. The second-order valence-electron chi connectivity index (χ2n) is 7.50. The zero-order valence-electron chi connectivity index (χ0n) is 17.7. The van der Waals surface area contributed by atoms with Crippen molar-refractivity contribution in [3.63, 3.8) is 0 Å². The van der Waals surface area contributed by atoms with Gasteiger partial charge >= 0.3 is 0 Å². The molecular formula is C24H32N2O2. The van der Waals surface area contributed by atoms with Gasteiger partial charge in [0.15, 0.2) is 0 Å². The normalized spacial score (nSPS) is 11.8. The highest BCUT2D eigenvalue weighted by molar-refractivity contribution is 5.88. The van der Waals surface area contributed by atoms with Crippen molar-refractivity contribution in [2.24, 2.45) is 0 Å². The average molecular weight is 381 g/mol. The topological polar surface area (TPSA) is 49.4 Å². The smallest absolute Gasteiger partial charge is 0.242 e. The number of hydrogen-bond donors (Lipinski definition) is 1. The number of amides is 2. The minimum Gasteiger partial charge on any atom is -0.355 e. The molecule has 4 nitrogen and oxygen atoms in total. The Morgan fingerprint density at radius 1 is 0.929 bits per heavy atom. The first-order valence-electron chi connectivity index (χ1n) is 10.0. The van der Waals surface area contributed by atoms with Crippen molar-refractivity contribution in [1.29, 1.82) is 0 Å². The molecule has 0 radical (unpaired) electrons. The molecular weight excluding hydrogens is 348 g/mol. The molecule has 0 aromatic heterocycles. The third-order valence-electron chi connectivity index (χ3n) is 4.81. The Morgan fingerprint density at radius 2 is 1.57 bits per heavy atom. The molecule has 0 heterocycles. The minimum absolute atomic E-state index is 0.0235. The summed E-state index contributed by atoms with van der Waals surface area (Å²) in [5, 5.41) is 2.88. The van der Waals surface area contributed by atoms with Gasteiger partial charge in [-0.15, -0.1) is 0 Å². The zero-order chi connectivity index (χ0) is 20.7. The number of rotatable bonds is 8. The van der Waals surface area contributed by atoms with Crippen molar-refractivity contribution in [3.8, 4) is 0 Å². The van der Waals surface area contributed by atoms with Gasteiger partial charge in [0.25, 0.3) is 0 Å². The Balaban J connectivity index is 2.32. The largest absolute Gasteiger partial charge is 0.355 e. The van der Waals surface area contributed by atoms with Gasteiger partial charge in [0, 0.05) is 13.1 Å². The van der Waals surface area contributed by atoms with Gasteiger partial charge in [-0.2, -0.15) is 0 Å².